The molecular formula is C21H18N2O4S. The van der Waals surface area contributed by atoms with E-state index in [9.17, 15) is 13.2 Å². The minimum Gasteiger partial charge on any atom is -0.478 e. The monoisotopic (exact) mass is 394 g/mol. The van der Waals surface area contributed by atoms with Crippen molar-refractivity contribution in [1.82, 2.24) is 0 Å². The van der Waals surface area contributed by atoms with Crippen molar-refractivity contribution in [2.24, 2.45) is 5.10 Å². The Balaban J connectivity index is 1.89. The van der Waals surface area contributed by atoms with Crippen LogP contribution in [-0.2, 0) is 9.84 Å². The predicted molar refractivity (Wildman–Crippen MR) is 108 cm³/mol. The number of rotatable bonds is 7. The number of sulfone groups is 1. The maximum absolute atomic E-state index is 12.8. The van der Waals surface area contributed by atoms with E-state index >= 15 is 0 Å². The number of carboxylic acids is 1. The number of hydrazone groups is 1. The number of carbonyl (C=O) groups is 1. The average molecular weight is 394 g/mol. The van der Waals surface area contributed by atoms with E-state index in [4.69, 9.17) is 5.11 Å². The van der Waals surface area contributed by atoms with E-state index in [1.807, 2.05) is 18.2 Å². The van der Waals surface area contributed by atoms with Gasteiger partial charge in [-0.2, -0.15) is 5.10 Å². The van der Waals surface area contributed by atoms with Crippen LogP contribution in [0.2, 0.25) is 0 Å². The Labute approximate surface area is 163 Å². The Bertz CT molecular complexity index is 1080. The number of hydrogen-bond acceptors (Lipinski definition) is 5. The Morgan fingerprint density at radius 2 is 1.39 bits per heavy atom. The van der Waals surface area contributed by atoms with Gasteiger partial charge in [-0.05, 0) is 42.0 Å². The fourth-order valence-corrected chi connectivity index (χ4v) is 3.85. The van der Waals surface area contributed by atoms with Crippen molar-refractivity contribution in [2.45, 2.75) is 4.90 Å². The summed E-state index contributed by atoms with van der Waals surface area (Å²) in [4.78, 5) is 11.2. The van der Waals surface area contributed by atoms with Crippen LogP contribution in [-0.4, -0.2) is 31.0 Å². The van der Waals surface area contributed by atoms with Crippen LogP contribution in [0.1, 0.15) is 15.9 Å². The van der Waals surface area contributed by atoms with Gasteiger partial charge in [0.05, 0.1) is 27.6 Å². The van der Waals surface area contributed by atoms with E-state index in [-0.39, 0.29) is 16.2 Å². The quantitative estimate of drug-likeness (QED) is 0.471. The third kappa shape index (κ3) is 4.83. The molecule has 3 rings (SSSR count). The van der Waals surface area contributed by atoms with Gasteiger partial charge in [0.2, 0.25) is 0 Å². The Morgan fingerprint density at radius 1 is 0.821 bits per heavy atom. The van der Waals surface area contributed by atoms with Crippen molar-refractivity contribution in [2.75, 3.05) is 11.2 Å². The zero-order valence-electron chi connectivity index (χ0n) is 14.8. The second-order valence-electron chi connectivity index (χ2n) is 5.99. The third-order valence-electron chi connectivity index (χ3n) is 3.99. The highest BCUT2D eigenvalue weighted by molar-refractivity contribution is 7.92. The van der Waals surface area contributed by atoms with Crippen molar-refractivity contribution >= 4 is 27.2 Å². The first-order chi connectivity index (χ1) is 13.5. The highest BCUT2D eigenvalue weighted by atomic mass is 32.2. The van der Waals surface area contributed by atoms with E-state index in [1.54, 1.807) is 54.6 Å². The molecule has 0 saturated heterocycles. The second-order valence-corrected chi connectivity index (χ2v) is 7.98. The minimum atomic E-state index is -3.58. The average Bonchev–Trinajstić information content (AvgIpc) is 2.72. The first-order valence-corrected chi connectivity index (χ1v) is 10.1. The van der Waals surface area contributed by atoms with Crippen LogP contribution in [0.4, 0.5) is 5.69 Å². The van der Waals surface area contributed by atoms with Crippen LogP contribution < -0.4 is 5.43 Å². The molecular weight excluding hydrogens is 376 g/mol. The zero-order valence-corrected chi connectivity index (χ0v) is 15.6. The Morgan fingerprint density at radius 3 is 1.96 bits per heavy atom. The lowest BCUT2D eigenvalue weighted by Crippen LogP contribution is -2.18. The maximum Gasteiger partial charge on any atom is 0.335 e. The Hall–Kier alpha value is -3.45. The number of nitrogens with zero attached hydrogens (tertiary/aromatic N) is 1. The molecule has 0 aromatic heterocycles. The van der Waals surface area contributed by atoms with Gasteiger partial charge in [0.15, 0.2) is 9.84 Å². The van der Waals surface area contributed by atoms with Crippen LogP contribution in [0, 0.1) is 0 Å². The fourth-order valence-electron chi connectivity index (χ4n) is 2.52. The van der Waals surface area contributed by atoms with Crippen molar-refractivity contribution in [1.29, 1.82) is 0 Å². The summed E-state index contributed by atoms with van der Waals surface area (Å²) in [6.07, 6.45) is 0. The number of nitrogens with one attached hydrogen (secondary N) is 1. The van der Waals surface area contributed by atoms with Gasteiger partial charge in [-0.25, -0.2) is 13.2 Å². The zero-order chi connectivity index (χ0) is 20.0. The van der Waals surface area contributed by atoms with E-state index < -0.39 is 15.8 Å². The molecule has 2 N–H and O–H groups in total. The molecule has 0 unspecified atom stereocenters. The second kappa shape index (κ2) is 8.49. The lowest BCUT2D eigenvalue weighted by molar-refractivity contribution is 0.0697. The molecule has 0 fully saturated rings. The summed E-state index contributed by atoms with van der Waals surface area (Å²) >= 11 is 0. The molecule has 0 saturated carbocycles. The standard InChI is InChI=1S/C21H18N2O4S/c24-21(25)17-11-13-18(14-12-17)22-23-20(16-7-3-1-4-8-16)15-28(26,27)19-9-5-2-6-10-19/h1-14,22H,15H2,(H,24,25)/b23-20-. The van der Waals surface area contributed by atoms with Crippen molar-refractivity contribution < 1.29 is 18.3 Å². The van der Waals surface area contributed by atoms with Gasteiger partial charge >= 0.3 is 5.97 Å². The summed E-state index contributed by atoms with van der Waals surface area (Å²) < 4.78 is 25.5. The highest BCUT2D eigenvalue weighted by Crippen LogP contribution is 2.15. The van der Waals surface area contributed by atoms with Crippen molar-refractivity contribution in [3.05, 3.63) is 96.1 Å². The predicted octanol–water partition coefficient (Wildman–Crippen LogP) is 3.67. The van der Waals surface area contributed by atoms with Gasteiger partial charge in [0.25, 0.3) is 0 Å². The van der Waals surface area contributed by atoms with Gasteiger partial charge in [0, 0.05) is 0 Å². The molecule has 0 heterocycles. The molecule has 0 spiro atoms. The van der Waals surface area contributed by atoms with E-state index in [2.05, 4.69) is 10.5 Å². The molecule has 28 heavy (non-hydrogen) atoms. The molecule has 7 heteroatoms. The summed E-state index contributed by atoms with van der Waals surface area (Å²) in [6, 6.07) is 23.3. The molecule has 3 aromatic rings. The number of benzene rings is 3. The Kier molecular flexibility index (Phi) is 5.86. The summed E-state index contributed by atoms with van der Waals surface area (Å²) in [7, 11) is -3.58. The molecule has 142 valence electrons. The smallest absolute Gasteiger partial charge is 0.335 e. The third-order valence-corrected chi connectivity index (χ3v) is 5.63. The van der Waals surface area contributed by atoms with Crippen molar-refractivity contribution in [3.63, 3.8) is 0 Å². The molecule has 0 aliphatic heterocycles. The van der Waals surface area contributed by atoms with Crippen LogP contribution in [0.3, 0.4) is 0 Å². The maximum atomic E-state index is 12.8. The molecule has 0 bridgehead atoms. The van der Waals surface area contributed by atoms with Crippen LogP contribution >= 0.6 is 0 Å². The van der Waals surface area contributed by atoms with Crippen LogP contribution in [0.5, 0.6) is 0 Å². The lowest BCUT2D eigenvalue weighted by atomic mass is 10.1. The number of carboxylic acid groups (broad SMARTS) is 1. The number of anilines is 1. The molecule has 0 radical (unpaired) electrons. The van der Waals surface area contributed by atoms with E-state index in [1.165, 1.54) is 12.1 Å². The highest BCUT2D eigenvalue weighted by Gasteiger charge is 2.19. The summed E-state index contributed by atoms with van der Waals surface area (Å²) in [5.74, 6) is -1.30. The van der Waals surface area contributed by atoms with Gasteiger partial charge in [-0.3, -0.25) is 5.43 Å². The SMILES string of the molecule is O=C(O)c1ccc(N/N=C(/CS(=O)(=O)c2ccccc2)c2ccccc2)cc1. The van der Waals surface area contributed by atoms with Gasteiger partial charge < -0.3 is 5.11 Å². The first-order valence-electron chi connectivity index (χ1n) is 8.45. The van der Waals surface area contributed by atoms with Crippen LogP contribution in [0.15, 0.2) is 94.9 Å². The normalized spacial score (nSPS) is 11.8. The number of hydrogen-bond donors (Lipinski definition) is 2. The first kappa shape index (κ1) is 19.3. The molecule has 0 aliphatic carbocycles. The molecule has 0 atom stereocenters. The summed E-state index contributed by atoms with van der Waals surface area (Å²) in [5, 5.41) is 13.3. The van der Waals surface area contributed by atoms with Gasteiger partial charge in [-0.15, -0.1) is 0 Å². The van der Waals surface area contributed by atoms with Gasteiger partial charge in [0.1, 0.15) is 0 Å². The molecule has 3 aromatic carbocycles. The number of aromatic carboxylic acids is 1. The van der Waals surface area contributed by atoms with E-state index in [0.717, 1.165) is 0 Å². The molecule has 6 nitrogen and oxygen atoms in total. The van der Waals surface area contributed by atoms with Crippen molar-refractivity contribution in [3.8, 4) is 0 Å². The summed E-state index contributed by atoms with van der Waals surface area (Å²) in [6.45, 7) is 0. The summed E-state index contributed by atoms with van der Waals surface area (Å²) in [5.41, 5.74) is 4.55. The molecule has 0 aliphatic rings. The lowest BCUT2D eigenvalue weighted by Gasteiger charge is -2.10. The largest absolute Gasteiger partial charge is 0.478 e. The van der Waals surface area contributed by atoms with Gasteiger partial charge in [-0.1, -0.05) is 48.5 Å². The van der Waals surface area contributed by atoms with Crippen LogP contribution in [0.25, 0.3) is 0 Å². The fraction of sp³-hybridized carbons (Fsp3) is 0.0476. The minimum absolute atomic E-state index is 0.157. The topological polar surface area (TPSA) is 95.8 Å². The van der Waals surface area contributed by atoms with E-state index in [0.29, 0.717) is 17.0 Å². The molecule has 0 amide bonds.